The predicted molar refractivity (Wildman–Crippen MR) is 137 cm³/mol. The average molecular weight is 494 g/mol. The quantitative estimate of drug-likeness (QED) is 0.493. The smallest absolute Gasteiger partial charge is 0.264 e. The number of sulfonamides is 1. The van der Waals surface area contributed by atoms with E-state index in [4.69, 9.17) is 0 Å². The molecule has 35 heavy (non-hydrogen) atoms. The van der Waals surface area contributed by atoms with E-state index in [0.29, 0.717) is 11.3 Å². The fourth-order valence-electron chi connectivity index (χ4n) is 3.76. The molecule has 184 valence electrons. The van der Waals surface area contributed by atoms with Crippen LogP contribution in [-0.4, -0.2) is 44.8 Å². The van der Waals surface area contributed by atoms with Gasteiger partial charge in [-0.05, 0) is 50.1 Å². The first-order valence-electron chi connectivity index (χ1n) is 11.3. The van der Waals surface area contributed by atoms with Crippen molar-refractivity contribution < 1.29 is 18.0 Å². The van der Waals surface area contributed by atoms with Gasteiger partial charge in [0, 0.05) is 13.6 Å². The molecule has 0 aromatic heterocycles. The number of para-hydroxylation sites is 1. The average Bonchev–Trinajstić information content (AvgIpc) is 2.86. The number of benzene rings is 3. The minimum Gasteiger partial charge on any atom is -0.357 e. The van der Waals surface area contributed by atoms with Gasteiger partial charge in [0.15, 0.2) is 0 Å². The van der Waals surface area contributed by atoms with Crippen molar-refractivity contribution in [1.82, 2.24) is 10.2 Å². The van der Waals surface area contributed by atoms with E-state index in [0.717, 1.165) is 15.4 Å². The highest BCUT2D eigenvalue weighted by Crippen LogP contribution is 2.27. The van der Waals surface area contributed by atoms with Gasteiger partial charge in [0.25, 0.3) is 10.0 Å². The van der Waals surface area contributed by atoms with Gasteiger partial charge in [0.1, 0.15) is 12.6 Å². The van der Waals surface area contributed by atoms with Gasteiger partial charge in [-0.15, -0.1) is 0 Å². The minimum atomic E-state index is -4.05. The summed E-state index contributed by atoms with van der Waals surface area (Å²) in [6.45, 7) is 5.11. The molecule has 0 aliphatic carbocycles. The van der Waals surface area contributed by atoms with Crippen molar-refractivity contribution in [3.63, 3.8) is 0 Å². The summed E-state index contributed by atoms with van der Waals surface area (Å²) in [6.07, 6.45) is 0. The van der Waals surface area contributed by atoms with Gasteiger partial charge in [-0.3, -0.25) is 13.9 Å². The molecule has 0 spiro atoms. The molecule has 1 N–H and O–H groups in total. The van der Waals surface area contributed by atoms with Crippen LogP contribution in [0.25, 0.3) is 0 Å². The van der Waals surface area contributed by atoms with E-state index < -0.39 is 28.5 Å². The first-order valence-corrected chi connectivity index (χ1v) is 12.8. The van der Waals surface area contributed by atoms with Gasteiger partial charge in [-0.1, -0.05) is 66.2 Å². The molecule has 1 atom stereocenters. The zero-order valence-electron chi connectivity index (χ0n) is 20.4. The van der Waals surface area contributed by atoms with Gasteiger partial charge in [0.05, 0.1) is 10.6 Å². The second-order valence-corrected chi connectivity index (χ2v) is 10.3. The Hall–Kier alpha value is -3.65. The van der Waals surface area contributed by atoms with Crippen molar-refractivity contribution in [2.75, 3.05) is 17.9 Å². The number of amides is 2. The standard InChI is InChI=1S/C27H31N3O4S/c1-20-14-16-23(17-15-20)18-29(22(3)27(32)28-4)26(31)19-30(25-13-9-8-10-21(25)2)35(33,34)24-11-6-5-7-12-24/h5-17,22H,18-19H2,1-4H3,(H,28,32)/t22-/m0/s1. The van der Waals surface area contributed by atoms with Gasteiger partial charge in [-0.25, -0.2) is 8.42 Å². The molecule has 3 aromatic rings. The van der Waals surface area contributed by atoms with E-state index in [1.54, 1.807) is 50.2 Å². The van der Waals surface area contributed by atoms with E-state index in [2.05, 4.69) is 5.32 Å². The third kappa shape index (κ3) is 6.08. The van der Waals surface area contributed by atoms with Crippen molar-refractivity contribution in [2.45, 2.75) is 38.3 Å². The Labute approximate surface area is 207 Å². The highest BCUT2D eigenvalue weighted by atomic mass is 32.2. The number of carbonyl (C=O) groups excluding carboxylic acids is 2. The summed E-state index contributed by atoms with van der Waals surface area (Å²) in [7, 11) is -2.54. The Kier molecular flexibility index (Phi) is 8.30. The van der Waals surface area contributed by atoms with Crippen LogP contribution >= 0.6 is 0 Å². The summed E-state index contributed by atoms with van der Waals surface area (Å²) >= 11 is 0. The third-order valence-corrected chi connectivity index (χ3v) is 7.66. The molecule has 0 heterocycles. The molecule has 3 aromatic carbocycles. The first-order chi connectivity index (χ1) is 16.6. The van der Waals surface area contributed by atoms with E-state index in [1.807, 2.05) is 37.3 Å². The lowest BCUT2D eigenvalue weighted by atomic mass is 10.1. The maximum Gasteiger partial charge on any atom is 0.264 e. The number of likely N-dealkylation sites (N-methyl/N-ethyl adjacent to an activating group) is 1. The number of nitrogens with one attached hydrogen (secondary N) is 1. The number of carbonyl (C=O) groups is 2. The van der Waals surface area contributed by atoms with Crippen LogP contribution < -0.4 is 9.62 Å². The first kappa shape index (κ1) is 26.0. The Balaban J connectivity index is 2.03. The van der Waals surface area contributed by atoms with E-state index in [9.17, 15) is 18.0 Å². The second kappa shape index (κ2) is 11.2. The van der Waals surface area contributed by atoms with Crippen LogP contribution in [0.3, 0.4) is 0 Å². The zero-order chi connectivity index (χ0) is 25.6. The number of anilines is 1. The Morgan fingerprint density at radius 1 is 0.886 bits per heavy atom. The fourth-order valence-corrected chi connectivity index (χ4v) is 5.26. The third-order valence-electron chi connectivity index (χ3n) is 5.88. The van der Waals surface area contributed by atoms with Gasteiger partial charge in [0.2, 0.25) is 11.8 Å². The summed E-state index contributed by atoms with van der Waals surface area (Å²) in [4.78, 5) is 27.7. The molecular formula is C27H31N3O4S. The van der Waals surface area contributed by atoms with E-state index in [-0.39, 0.29) is 17.3 Å². The predicted octanol–water partition coefficient (Wildman–Crippen LogP) is 3.66. The van der Waals surface area contributed by atoms with Gasteiger partial charge >= 0.3 is 0 Å². The minimum absolute atomic E-state index is 0.0838. The zero-order valence-corrected chi connectivity index (χ0v) is 21.2. The summed E-state index contributed by atoms with van der Waals surface area (Å²) in [5, 5.41) is 2.58. The number of aryl methyl sites for hydroxylation is 2. The monoisotopic (exact) mass is 493 g/mol. The molecule has 0 unspecified atom stereocenters. The number of rotatable bonds is 9. The Morgan fingerprint density at radius 2 is 1.49 bits per heavy atom. The van der Waals surface area contributed by atoms with Crippen LogP contribution in [0.5, 0.6) is 0 Å². The lowest BCUT2D eigenvalue weighted by Gasteiger charge is -2.32. The number of hydrogen-bond acceptors (Lipinski definition) is 4. The number of nitrogens with zero attached hydrogens (tertiary/aromatic N) is 2. The van der Waals surface area contributed by atoms with Gasteiger partial charge in [-0.2, -0.15) is 0 Å². The molecule has 0 aliphatic heterocycles. The molecule has 3 rings (SSSR count). The lowest BCUT2D eigenvalue weighted by molar-refractivity contribution is -0.139. The molecule has 0 fully saturated rings. The molecule has 0 saturated carbocycles. The van der Waals surface area contributed by atoms with Crippen molar-refractivity contribution in [3.05, 3.63) is 95.6 Å². The molecule has 8 heteroatoms. The van der Waals surface area contributed by atoms with E-state index in [1.165, 1.54) is 24.1 Å². The summed E-state index contributed by atoms with van der Waals surface area (Å²) in [6, 6.07) is 21.9. The summed E-state index contributed by atoms with van der Waals surface area (Å²) in [5.74, 6) is -0.816. The summed E-state index contributed by atoms with van der Waals surface area (Å²) in [5.41, 5.74) is 3.04. The van der Waals surface area contributed by atoms with E-state index >= 15 is 0 Å². The topological polar surface area (TPSA) is 86.8 Å². The van der Waals surface area contributed by atoms with Gasteiger partial charge < -0.3 is 10.2 Å². The molecule has 0 bridgehead atoms. The molecule has 0 radical (unpaired) electrons. The molecule has 7 nitrogen and oxygen atoms in total. The van der Waals surface area contributed by atoms with Crippen LogP contribution in [-0.2, 0) is 26.2 Å². The largest absolute Gasteiger partial charge is 0.357 e. The lowest BCUT2D eigenvalue weighted by Crippen LogP contribution is -2.50. The van der Waals surface area contributed by atoms with Crippen LogP contribution in [0.15, 0.2) is 83.8 Å². The van der Waals surface area contributed by atoms with Crippen molar-refractivity contribution >= 4 is 27.5 Å². The van der Waals surface area contributed by atoms with Crippen LogP contribution in [0.2, 0.25) is 0 Å². The van der Waals surface area contributed by atoms with Crippen LogP contribution in [0, 0.1) is 13.8 Å². The fraction of sp³-hybridized carbons (Fsp3) is 0.259. The maximum absolute atomic E-state index is 13.7. The maximum atomic E-state index is 13.7. The Bertz CT molecular complexity index is 1280. The SMILES string of the molecule is CNC(=O)[C@H](C)N(Cc1ccc(C)cc1)C(=O)CN(c1ccccc1C)S(=O)(=O)c1ccccc1. The van der Waals surface area contributed by atoms with Crippen molar-refractivity contribution in [3.8, 4) is 0 Å². The van der Waals surface area contributed by atoms with Crippen LogP contribution in [0.4, 0.5) is 5.69 Å². The molecule has 0 aliphatic rings. The Morgan fingerprint density at radius 3 is 2.09 bits per heavy atom. The summed E-state index contributed by atoms with van der Waals surface area (Å²) < 4.78 is 28.5. The highest BCUT2D eigenvalue weighted by molar-refractivity contribution is 7.92. The van der Waals surface area contributed by atoms with Crippen molar-refractivity contribution in [1.29, 1.82) is 0 Å². The number of hydrogen-bond donors (Lipinski definition) is 1. The molecule has 0 saturated heterocycles. The highest BCUT2D eigenvalue weighted by Gasteiger charge is 2.32. The second-order valence-electron chi connectivity index (χ2n) is 8.41. The van der Waals surface area contributed by atoms with Crippen LogP contribution in [0.1, 0.15) is 23.6 Å². The molecular weight excluding hydrogens is 462 g/mol. The van der Waals surface area contributed by atoms with Crippen molar-refractivity contribution in [2.24, 2.45) is 0 Å². The normalized spacial score (nSPS) is 12.0. The molecule has 2 amide bonds.